The maximum atomic E-state index is 13.0. The van der Waals surface area contributed by atoms with E-state index in [2.05, 4.69) is 10.3 Å². The lowest BCUT2D eigenvalue weighted by molar-refractivity contribution is 0.263. The SMILES string of the molecule is CNCCC1CCN(S(=O)(=O)c2cccc3cnccc23)CC1. The van der Waals surface area contributed by atoms with Crippen LogP contribution in [0.4, 0.5) is 0 Å². The van der Waals surface area contributed by atoms with Crippen LogP contribution in [-0.4, -0.2) is 44.4 Å². The van der Waals surface area contributed by atoms with E-state index < -0.39 is 10.0 Å². The van der Waals surface area contributed by atoms with Gasteiger partial charge in [-0.25, -0.2) is 8.42 Å². The number of hydrogen-bond acceptors (Lipinski definition) is 4. The van der Waals surface area contributed by atoms with Gasteiger partial charge in [0.05, 0.1) is 4.90 Å². The first kappa shape index (κ1) is 16.4. The van der Waals surface area contributed by atoms with Gasteiger partial charge >= 0.3 is 0 Å². The van der Waals surface area contributed by atoms with Crippen LogP contribution in [0.2, 0.25) is 0 Å². The summed E-state index contributed by atoms with van der Waals surface area (Å²) in [5.41, 5.74) is 0. The molecule has 1 aliphatic heterocycles. The topological polar surface area (TPSA) is 62.3 Å². The molecule has 1 aromatic heterocycles. The van der Waals surface area contributed by atoms with E-state index in [4.69, 9.17) is 0 Å². The Bertz CT molecular complexity index is 763. The summed E-state index contributed by atoms with van der Waals surface area (Å²) in [6.07, 6.45) is 6.34. The molecule has 0 radical (unpaired) electrons. The Morgan fingerprint density at radius 2 is 2.04 bits per heavy atom. The van der Waals surface area contributed by atoms with Gasteiger partial charge in [-0.1, -0.05) is 12.1 Å². The molecule has 2 aromatic rings. The van der Waals surface area contributed by atoms with Crippen LogP contribution in [0.25, 0.3) is 10.8 Å². The summed E-state index contributed by atoms with van der Waals surface area (Å²) in [6, 6.07) is 7.16. The Morgan fingerprint density at radius 1 is 1.26 bits per heavy atom. The lowest BCUT2D eigenvalue weighted by Crippen LogP contribution is -2.39. The van der Waals surface area contributed by atoms with E-state index in [9.17, 15) is 8.42 Å². The molecule has 0 atom stereocenters. The first-order valence-electron chi connectivity index (χ1n) is 8.10. The summed E-state index contributed by atoms with van der Waals surface area (Å²) in [4.78, 5) is 4.47. The molecule has 1 N–H and O–H groups in total. The molecule has 1 aromatic carbocycles. The summed E-state index contributed by atoms with van der Waals surface area (Å²) in [6.45, 7) is 2.21. The van der Waals surface area contributed by atoms with Crippen LogP contribution in [0, 0.1) is 5.92 Å². The fraction of sp³-hybridized carbons (Fsp3) is 0.471. The monoisotopic (exact) mass is 333 g/mol. The third kappa shape index (κ3) is 3.39. The van der Waals surface area contributed by atoms with E-state index in [0.29, 0.717) is 23.9 Å². The molecule has 0 bridgehead atoms. The van der Waals surface area contributed by atoms with E-state index in [0.717, 1.165) is 36.6 Å². The number of nitrogens with one attached hydrogen (secondary N) is 1. The van der Waals surface area contributed by atoms with E-state index in [1.165, 1.54) is 0 Å². The highest BCUT2D eigenvalue weighted by atomic mass is 32.2. The zero-order valence-electron chi connectivity index (χ0n) is 13.4. The van der Waals surface area contributed by atoms with Crippen LogP contribution in [0.5, 0.6) is 0 Å². The van der Waals surface area contributed by atoms with Crippen LogP contribution in [0.1, 0.15) is 19.3 Å². The molecule has 0 amide bonds. The van der Waals surface area contributed by atoms with Gasteiger partial charge < -0.3 is 5.32 Å². The number of sulfonamides is 1. The minimum atomic E-state index is -3.44. The van der Waals surface area contributed by atoms with Crippen LogP contribution in [0.3, 0.4) is 0 Å². The third-order valence-corrected chi connectivity index (χ3v) is 6.59. The zero-order valence-corrected chi connectivity index (χ0v) is 14.2. The molecule has 0 saturated carbocycles. The number of benzene rings is 1. The zero-order chi connectivity index (χ0) is 16.3. The minimum Gasteiger partial charge on any atom is -0.320 e. The summed E-state index contributed by atoms with van der Waals surface area (Å²) in [5.74, 6) is 0.616. The standard InChI is InChI=1S/C17H23N3O2S/c1-18-9-5-14-7-11-20(12-8-14)23(21,22)17-4-2-3-15-13-19-10-6-16(15)17/h2-4,6,10,13-14,18H,5,7-9,11-12H2,1H3. The fourth-order valence-electron chi connectivity index (χ4n) is 3.24. The van der Waals surface area contributed by atoms with Crippen LogP contribution >= 0.6 is 0 Å². The Morgan fingerprint density at radius 3 is 2.78 bits per heavy atom. The summed E-state index contributed by atoms with van der Waals surface area (Å²) >= 11 is 0. The molecule has 1 aliphatic rings. The highest BCUT2D eigenvalue weighted by Gasteiger charge is 2.30. The second kappa shape index (κ2) is 6.95. The normalized spacial score (nSPS) is 17.6. The summed E-state index contributed by atoms with van der Waals surface area (Å²) in [5, 5.41) is 4.77. The van der Waals surface area contributed by atoms with Crippen molar-refractivity contribution in [1.82, 2.24) is 14.6 Å². The van der Waals surface area contributed by atoms with Gasteiger partial charge in [-0.2, -0.15) is 4.31 Å². The summed E-state index contributed by atoms with van der Waals surface area (Å²) < 4.78 is 27.7. The number of hydrogen-bond donors (Lipinski definition) is 1. The molecular formula is C17H23N3O2S. The molecule has 3 rings (SSSR count). The van der Waals surface area contributed by atoms with Gasteiger partial charge in [-0.3, -0.25) is 4.98 Å². The van der Waals surface area contributed by atoms with Crippen molar-refractivity contribution < 1.29 is 8.42 Å². The van der Waals surface area contributed by atoms with E-state index >= 15 is 0 Å². The van der Waals surface area contributed by atoms with Gasteiger partial charge in [0.2, 0.25) is 10.0 Å². The highest BCUT2D eigenvalue weighted by molar-refractivity contribution is 7.89. The minimum absolute atomic E-state index is 0.395. The molecule has 1 saturated heterocycles. The molecule has 5 nitrogen and oxygen atoms in total. The number of nitrogens with zero attached hydrogens (tertiary/aromatic N) is 2. The number of aromatic nitrogens is 1. The van der Waals surface area contributed by atoms with E-state index in [1.54, 1.807) is 34.9 Å². The maximum absolute atomic E-state index is 13.0. The van der Waals surface area contributed by atoms with Crippen molar-refractivity contribution in [3.05, 3.63) is 36.7 Å². The average molecular weight is 333 g/mol. The molecule has 0 spiro atoms. The second-order valence-corrected chi connectivity index (χ2v) is 8.00. The number of rotatable bonds is 5. The molecule has 0 aliphatic carbocycles. The van der Waals surface area contributed by atoms with Crippen molar-refractivity contribution in [3.63, 3.8) is 0 Å². The first-order valence-corrected chi connectivity index (χ1v) is 9.54. The molecule has 6 heteroatoms. The van der Waals surface area contributed by atoms with Crippen LogP contribution in [-0.2, 0) is 10.0 Å². The predicted molar refractivity (Wildman–Crippen MR) is 91.8 cm³/mol. The van der Waals surface area contributed by atoms with Crippen LogP contribution < -0.4 is 5.32 Å². The Balaban J connectivity index is 1.82. The molecule has 0 unspecified atom stereocenters. The Hall–Kier alpha value is -1.50. The molecule has 124 valence electrons. The van der Waals surface area contributed by atoms with Gasteiger partial charge in [0.25, 0.3) is 0 Å². The third-order valence-electron chi connectivity index (χ3n) is 4.63. The van der Waals surface area contributed by atoms with Gasteiger partial charge in [0, 0.05) is 36.3 Å². The van der Waals surface area contributed by atoms with Gasteiger partial charge in [0.15, 0.2) is 0 Å². The molecular weight excluding hydrogens is 310 g/mol. The predicted octanol–water partition coefficient (Wildman–Crippen LogP) is 2.25. The summed E-state index contributed by atoms with van der Waals surface area (Å²) in [7, 11) is -1.49. The molecule has 2 heterocycles. The maximum Gasteiger partial charge on any atom is 0.243 e. The average Bonchev–Trinajstić information content (AvgIpc) is 2.59. The highest BCUT2D eigenvalue weighted by Crippen LogP contribution is 2.29. The number of fused-ring (bicyclic) bond motifs is 1. The van der Waals surface area contributed by atoms with Crippen LogP contribution in [0.15, 0.2) is 41.6 Å². The van der Waals surface area contributed by atoms with E-state index in [-0.39, 0.29) is 0 Å². The van der Waals surface area contributed by atoms with Gasteiger partial charge in [-0.05, 0) is 50.9 Å². The van der Waals surface area contributed by atoms with Crippen molar-refractivity contribution in [3.8, 4) is 0 Å². The van der Waals surface area contributed by atoms with Crippen molar-refractivity contribution in [2.75, 3.05) is 26.7 Å². The molecule has 1 fully saturated rings. The Kier molecular flexibility index (Phi) is 4.94. The smallest absolute Gasteiger partial charge is 0.243 e. The number of piperidine rings is 1. The van der Waals surface area contributed by atoms with Crippen molar-refractivity contribution in [2.45, 2.75) is 24.2 Å². The Labute approximate surface area is 137 Å². The lowest BCUT2D eigenvalue weighted by atomic mass is 9.95. The van der Waals surface area contributed by atoms with Gasteiger partial charge in [0.1, 0.15) is 0 Å². The largest absolute Gasteiger partial charge is 0.320 e. The molecule has 23 heavy (non-hydrogen) atoms. The van der Waals surface area contributed by atoms with Gasteiger partial charge in [-0.15, -0.1) is 0 Å². The van der Waals surface area contributed by atoms with Crippen molar-refractivity contribution >= 4 is 20.8 Å². The van der Waals surface area contributed by atoms with Crippen molar-refractivity contribution in [2.24, 2.45) is 5.92 Å². The van der Waals surface area contributed by atoms with Crippen molar-refractivity contribution in [1.29, 1.82) is 0 Å². The fourth-order valence-corrected chi connectivity index (χ4v) is 4.93. The van der Waals surface area contributed by atoms with E-state index in [1.807, 2.05) is 13.1 Å². The quantitative estimate of drug-likeness (QED) is 0.911. The second-order valence-electron chi connectivity index (χ2n) is 6.09. The lowest BCUT2D eigenvalue weighted by Gasteiger charge is -2.31. The first-order chi connectivity index (χ1) is 11.1. The number of pyridine rings is 1.